The molecule has 0 aliphatic rings. The van der Waals surface area contributed by atoms with Gasteiger partial charge in [-0.25, -0.2) is 4.98 Å². The summed E-state index contributed by atoms with van der Waals surface area (Å²) < 4.78 is 7.28. The fourth-order valence-corrected chi connectivity index (χ4v) is 3.02. The number of nitrogens with zero attached hydrogens (tertiary/aromatic N) is 2. The minimum Gasteiger partial charge on any atom is -0.481 e. The molecule has 0 aliphatic carbocycles. The number of aryl methyl sites for hydroxylation is 1. The van der Waals surface area contributed by atoms with Crippen LogP contribution in [0.3, 0.4) is 0 Å². The van der Waals surface area contributed by atoms with Crippen LogP contribution in [0.5, 0.6) is 0 Å². The van der Waals surface area contributed by atoms with Crippen LogP contribution < -0.4 is 0 Å². The summed E-state index contributed by atoms with van der Waals surface area (Å²) in [5, 5.41) is 9.62. The third-order valence-corrected chi connectivity index (χ3v) is 4.10. The molecule has 114 valence electrons. The molecule has 5 nitrogen and oxygen atoms in total. The highest BCUT2D eigenvalue weighted by Gasteiger charge is 2.15. The van der Waals surface area contributed by atoms with Gasteiger partial charge in [-0.3, -0.25) is 4.79 Å². The van der Waals surface area contributed by atoms with E-state index in [9.17, 15) is 4.79 Å². The van der Waals surface area contributed by atoms with Gasteiger partial charge in [-0.2, -0.15) is 0 Å². The van der Waals surface area contributed by atoms with Crippen LogP contribution in [0.4, 0.5) is 0 Å². The fraction of sp³-hybridized carbons (Fsp3) is 0.467. The maximum absolute atomic E-state index is 10.8. The minimum absolute atomic E-state index is 0.0148. The van der Waals surface area contributed by atoms with Crippen molar-refractivity contribution in [3.8, 4) is 0 Å². The SMILES string of the molecule is COCC(C)Cn1c(SCC(=O)O)nc2cc(C)ccc21. The average Bonchev–Trinajstić information content (AvgIpc) is 2.74. The number of fused-ring (bicyclic) bond motifs is 1. The molecule has 0 spiro atoms. The Labute approximate surface area is 128 Å². The zero-order valence-corrected chi connectivity index (χ0v) is 13.3. The quantitative estimate of drug-likeness (QED) is 0.797. The maximum atomic E-state index is 10.8. The van der Waals surface area contributed by atoms with Crippen molar-refractivity contribution >= 4 is 28.8 Å². The number of carbonyl (C=O) groups is 1. The Balaban J connectivity index is 2.36. The second kappa shape index (κ2) is 6.95. The summed E-state index contributed by atoms with van der Waals surface area (Å²) in [5.74, 6) is -0.487. The zero-order valence-electron chi connectivity index (χ0n) is 12.5. The van der Waals surface area contributed by atoms with Gasteiger partial charge in [0.05, 0.1) is 23.4 Å². The van der Waals surface area contributed by atoms with E-state index >= 15 is 0 Å². The van der Waals surface area contributed by atoms with Crippen LogP contribution in [0.2, 0.25) is 0 Å². The Bertz CT molecular complexity index is 639. The molecule has 1 unspecified atom stereocenters. The number of rotatable bonds is 7. The van der Waals surface area contributed by atoms with Crippen LogP contribution >= 0.6 is 11.8 Å². The summed E-state index contributed by atoms with van der Waals surface area (Å²) in [6, 6.07) is 6.12. The van der Waals surface area contributed by atoms with Gasteiger partial charge in [-0.05, 0) is 30.5 Å². The summed E-state index contributed by atoms with van der Waals surface area (Å²) in [5.41, 5.74) is 3.09. The van der Waals surface area contributed by atoms with E-state index < -0.39 is 5.97 Å². The molecule has 6 heteroatoms. The predicted molar refractivity (Wildman–Crippen MR) is 83.9 cm³/mol. The standard InChI is InChI=1S/C15H20N2O3S/c1-10-4-5-13-12(6-10)16-15(21-9-14(18)19)17(13)7-11(2)8-20-3/h4-6,11H,7-9H2,1-3H3,(H,18,19). The molecular weight excluding hydrogens is 288 g/mol. The van der Waals surface area contributed by atoms with Crippen molar-refractivity contribution in [1.82, 2.24) is 9.55 Å². The Kier molecular flexibility index (Phi) is 5.25. The number of benzene rings is 1. The van der Waals surface area contributed by atoms with Gasteiger partial charge < -0.3 is 14.4 Å². The molecule has 0 radical (unpaired) electrons. The number of hydrogen-bond donors (Lipinski definition) is 1. The summed E-state index contributed by atoms with van der Waals surface area (Å²) in [6.45, 7) is 5.55. The largest absolute Gasteiger partial charge is 0.481 e. The molecule has 1 heterocycles. The van der Waals surface area contributed by atoms with Crippen molar-refractivity contribution in [3.05, 3.63) is 23.8 Å². The first-order valence-corrected chi connectivity index (χ1v) is 7.80. The van der Waals surface area contributed by atoms with E-state index in [1.807, 2.05) is 25.1 Å². The van der Waals surface area contributed by atoms with Gasteiger partial charge in [0.25, 0.3) is 0 Å². The first-order valence-electron chi connectivity index (χ1n) is 6.81. The van der Waals surface area contributed by atoms with Gasteiger partial charge >= 0.3 is 5.97 Å². The lowest BCUT2D eigenvalue weighted by Gasteiger charge is -2.14. The molecule has 1 N–H and O–H groups in total. The van der Waals surface area contributed by atoms with Crippen LogP contribution in [0.1, 0.15) is 12.5 Å². The normalized spacial score (nSPS) is 12.7. The first-order chi connectivity index (χ1) is 10.0. The number of methoxy groups -OCH3 is 1. The molecule has 0 saturated carbocycles. The smallest absolute Gasteiger partial charge is 0.313 e. The van der Waals surface area contributed by atoms with E-state index in [-0.39, 0.29) is 5.75 Å². The lowest BCUT2D eigenvalue weighted by molar-refractivity contribution is -0.133. The third-order valence-electron chi connectivity index (χ3n) is 3.14. The van der Waals surface area contributed by atoms with Gasteiger partial charge in [0.2, 0.25) is 0 Å². The Morgan fingerprint density at radius 2 is 2.29 bits per heavy atom. The van der Waals surface area contributed by atoms with Crippen molar-refractivity contribution in [2.75, 3.05) is 19.5 Å². The number of carboxylic acids is 1. The number of carboxylic acid groups (broad SMARTS) is 1. The number of aromatic nitrogens is 2. The Morgan fingerprint density at radius 3 is 2.95 bits per heavy atom. The molecule has 1 aromatic heterocycles. The van der Waals surface area contributed by atoms with E-state index in [0.29, 0.717) is 12.5 Å². The molecule has 0 saturated heterocycles. The summed E-state index contributed by atoms with van der Waals surface area (Å²) >= 11 is 1.26. The van der Waals surface area contributed by atoms with Crippen LogP contribution in [0.15, 0.2) is 23.4 Å². The predicted octanol–water partition coefficient (Wildman–Crippen LogP) is 2.80. The average molecular weight is 308 g/mol. The fourth-order valence-electron chi connectivity index (χ4n) is 2.28. The highest BCUT2D eigenvalue weighted by atomic mass is 32.2. The molecule has 0 fully saturated rings. The van der Waals surface area contributed by atoms with Crippen LogP contribution in [-0.2, 0) is 16.1 Å². The van der Waals surface area contributed by atoms with Crippen molar-refractivity contribution in [3.63, 3.8) is 0 Å². The van der Waals surface area contributed by atoms with Crippen LogP contribution in [0, 0.1) is 12.8 Å². The highest BCUT2D eigenvalue weighted by Crippen LogP contribution is 2.26. The summed E-state index contributed by atoms with van der Waals surface area (Å²) in [4.78, 5) is 15.4. The van der Waals surface area contributed by atoms with Crippen molar-refractivity contribution in [2.45, 2.75) is 25.5 Å². The maximum Gasteiger partial charge on any atom is 0.313 e. The second-order valence-electron chi connectivity index (χ2n) is 5.24. The highest BCUT2D eigenvalue weighted by molar-refractivity contribution is 7.99. The zero-order chi connectivity index (χ0) is 15.4. The van der Waals surface area contributed by atoms with Gasteiger partial charge in [0.15, 0.2) is 5.16 Å². The number of ether oxygens (including phenoxy) is 1. The monoisotopic (exact) mass is 308 g/mol. The van der Waals surface area contributed by atoms with E-state index in [4.69, 9.17) is 9.84 Å². The third kappa shape index (κ3) is 3.98. The van der Waals surface area contributed by atoms with Gasteiger partial charge in [0.1, 0.15) is 0 Å². The first kappa shape index (κ1) is 15.9. The molecule has 2 aromatic rings. The number of hydrogen-bond acceptors (Lipinski definition) is 4. The van der Waals surface area contributed by atoms with Crippen molar-refractivity contribution in [1.29, 1.82) is 0 Å². The van der Waals surface area contributed by atoms with Gasteiger partial charge in [0, 0.05) is 13.7 Å². The van der Waals surface area contributed by atoms with Gasteiger partial charge in [-0.1, -0.05) is 24.8 Å². The van der Waals surface area contributed by atoms with E-state index in [2.05, 4.69) is 16.5 Å². The Hall–Kier alpha value is -1.53. The molecule has 1 atom stereocenters. The number of aliphatic carboxylic acids is 1. The molecular formula is C15H20N2O3S. The molecule has 0 bridgehead atoms. The van der Waals surface area contributed by atoms with Crippen molar-refractivity contribution < 1.29 is 14.6 Å². The van der Waals surface area contributed by atoms with E-state index in [0.717, 1.165) is 28.3 Å². The summed E-state index contributed by atoms with van der Waals surface area (Å²) in [6.07, 6.45) is 0. The molecule has 1 aromatic carbocycles. The Morgan fingerprint density at radius 1 is 1.52 bits per heavy atom. The molecule has 0 amide bonds. The number of thioether (sulfide) groups is 1. The second-order valence-corrected chi connectivity index (χ2v) is 6.18. The van der Waals surface area contributed by atoms with Crippen LogP contribution in [0.25, 0.3) is 11.0 Å². The van der Waals surface area contributed by atoms with Crippen molar-refractivity contribution in [2.24, 2.45) is 5.92 Å². The van der Waals surface area contributed by atoms with Crippen LogP contribution in [-0.4, -0.2) is 40.1 Å². The molecule has 0 aliphatic heterocycles. The van der Waals surface area contributed by atoms with E-state index in [1.54, 1.807) is 7.11 Å². The molecule has 21 heavy (non-hydrogen) atoms. The van der Waals surface area contributed by atoms with E-state index in [1.165, 1.54) is 11.8 Å². The number of imidazole rings is 1. The topological polar surface area (TPSA) is 64.3 Å². The lowest BCUT2D eigenvalue weighted by atomic mass is 10.2. The minimum atomic E-state index is -0.834. The summed E-state index contributed by atoms with van der Waals surface area (Å²) in [7, 11) is 1.69. The van der Waals surface area contributed by atoms with Gasteiger partial charge in [-0.15, -0.1) is 0 Å². The lowest BCUT2D eigenvalue weighted by Crippen LogP contribution is -2.13. The molecule has 2 rings (SSSR count).